The third kappa shape index (κ3) is 1.43. The van der Waals surface area contributed by atoms with E-state index in [0.717, 1.165) is 5.56 Å². The molecule has 2 rings (SSSR count). The SMILES string of the molecule is NC1(N)C=NN=C1c1ccccc1Cl. The van der Waals surface area contributed by atoms with Crippen LogP contribution in [0.25, 0.3) is 0 Å². The van der Waals surface area contributed by atoms with Crippen LogP contribution in [0.15, 0.2) is 34.5 Å². The van der Waals surface area contributed by atoms with Crippen molar-refractivity contribution in [2.45, 2.75) is 5.66 Å². The molecular formula is C9H9ClN4. The predicted molar refractivity (Wildman–Crippen MR) is 57.6 cm³/mol. The molecule has 5 heteroatoms. The number of nitrogens with zero attached hydrogens (tertiary/aromatic N) is 2. The Morgan fingerprint density at radius 1 is 1.21 bits per heavy atom. The van der Waals surface area contributed by atoms with Crippen molar-refractivity contribution in [1.82, 2.24) is 0 Å². The van der Waals surface area contributed by atoms with E-state index in [2.05, 4.69) is 10.2 Å². The first-order valence-electron chi connectivity index (χ1n) is 4.06. The maximum atomic E-state index is 5.98. The summed E-state index contributed by atoms with van der Waals surface area (Å²) in [4.78, 5) is 0. The third-order valence-corrected chi connectivity index (χ3v) is 2.30. The van der Waals surface area contributed by atoms with Crippen LogP contribution in [-0.2, 0) is 0 Å². The lowest BCUT2D eigenvalue weighted by Crippen LogP contribution is -2.56. The molecule has 1 heterocycles. The highest BCUT2D eigenvalue weighted by molar-refractivity contribution is 6.35. The number of benzene rings is 1. The highest BCUT2D eigenvalue weighted by atomic mass is 35.5. The van der Waals surface area contributed by atoms with Gasteiger partial charge in [-0.25, -0.2) is 0 Å². The summed E-state index contributed by atoms with van der Waals surface area (Å²) in [5.74, 6) is 0. The molecule has 0 bridgehead atoms. The summed E-state index contributed by atoms with van der Waals surface area (Å²) in [5.41, 5.74) is 11.6. The van der Waals surface area contributed by atoms with Gasteiger partial charge in [-0.1, -0.05) is 29.8 Å². The predicted octanol–water partition coefficient (Wildman–Crippen LogP) is 0.742. The summed E-state index contributed by atoms with van der Waals surface area (Å²) in [7, 11) is 0. The van der Waals surface area contributed by atoms with E-state index in [1.165, 1.54) is 6.21 Å². The molecule has 4 nitrogen and oxygen atoms in total. The summed E-state index contributed by atoms with van der Waals surface area (Å²) in [6.45, 7) is 0. The molecule has 0 spiro atoms. The second-order valence-electron chi connectivity index (χ2n) is 3.11. The Morgan fingerprint density at radius 2 is 1.93 bits per heavy atom. The molecule has 1 aromatic carbocycles. The van der Waals surface area contributed by atoms with Gasteiger partial charge in [-0.05, 0) is 6.07 Å². The second-order valence-corrected chi connectivity index (χ2v) is 3.51. The first-order chi connectivity index (χ1) is 6.61. The van der Waals surface area contributed by atoms with E-state index in [1.54, 1.807) is 6.07 Å². The van der Waals surface area contributed by atoms with Crippen LogP contribution in [0, 0.1) is 0 Å². The van der Waals surface area contributed by atoms with Crippen LogP contribution in [0.4, 0.5) is 0 Å². The second kappa shape index (κ2) is 3.16. The molecule has 0 amide bonds. The first kappa shape index (κ1) is 9.33. The maximum absolute atomic E-state index is 5.98. The fraction of sp³-hybridized carbons (Fsp3) is 0.111. The molecule has 4 N–H and O–H groups in total. The zero-order valence-corrected chi connectivity index (χ0v) is 8.07. The molecule has 1 aliphatic heterocycles. The molecule has 0 saturated heterocycles. The Balaban J connectivity index is 2.48. The average molecular weight is 209 g/mol. The third-order valence-electron chi connectivity index (χ3n) is 1.97. The van der Waals surface area contributed by atoms with E-state index in [4.69, 9.17) is 23.1 Å². The van der Waals surface area contributed by atoms with Crippen molar-refractivity contribution in [3.63, 3.8) is 0 Å². The summed E-state index contributed by atoms with van der Waals surface area (Å²) < 4.78 is 0. The summed E-state index contributed by atoms with van der Waals surface area (Å²) in [6, 6.07) is 7.24. The fourth-order valence-corrected chi connectivity index (χ4v) is 1.50. The molecule has 0 atom stereocenters. The number of hydrogen-bond donors (Lipinski definition) is 2. The lowest BCUT2D eigenvalue weighted by Gasteiger charge is -2.17. The number of hydrogen-bond acceptors (Lipinski definition) is 4. The molecule has 14 heavy (non-hydrogen) atoms. The van der Waals surface area contributed by atoms with Crippen molar-refractivity contribution in [2.24, 2.45) is 21.7 Å². The number of halogens is 1. The van der Waals surface area contributed by atoms with E-state index in [0.29, 0.717) is 10.7 Å². The Hall–Kier alpha value is -1.23. The van der Waals surface area contributed by atoms with Crippen LogP contribution in [0.3, 0.4) is 0 Å². The Labute approximate surface area is 86.3 Å². The molecular weight excluding hydrogens is 200 g/mol. The molecule has 1 aromatic rings. The van der Waals surface area contributed by atoms with Gasteiger partial charge in [-0.3, -0.25) is 0 Å². The summed E-state index contributed by atoms with van der Waals surface area (Å²) in [5, 5.41) is 8.13. The van der Waals surface area contributed by atoms with Crippen molar-refractivity contribution < 1.29 is 0 Å². The van der Waals surface area contributed by atoms with E-state index < -0.39 is 5.66 Å². The average Bonchev–Trinajstić information content (AvgIpc) is 2.46. The van der Waals surface area contributed by atoms with Crippen LogP contribution in [0.1, 0.15) is 5.56 Å². The van der Waals surface area contributed by atoms with Gasteiger partial charge in [-0.2, -0.15) is 10.2 Å². The lowest BCUT2D eigenvalue weighted by atomic mass is 10.0. The normalized spacial score (nSPS) is 18.4. The minimum atomic E-state index is -1.12. The van der Waals surface area contributed by atoms with Crippen LogP contribution < -0.4 is 11.5 Å². The molecule has 0 aromatic heterocycles. The zero-order chi connectivity index (χ0) is 10.2. The van der Waals surface area contributed by atoms with E-state index >= 15 is 0 Å². The van der Waals surface area contributed by atoms with E-state index in [9.17, 15) is 0 Å². The largest absolute Gasteiger partial charge is 0.304 e. The number of rotatable bonds is 1. The van der Waals surface area contributed by atoms with Crippen molar-refractivity contribution in [1.29, 1.82) is 0 Å². The maximum Gasteiger partial charge on any atom is 0.148 e. The van der Waals surface area contributed by atoms with Crippen LogP contribution in [0.2, 0.25) is 5.02 Å². The highest BCUT2D eigenvalue weighted by Gasteiger charge is 2.30. The molecule has 0 saturated carbocycles. The van der Waals surface area contributed by atoms with Crippen molar-refractivity contribution in [3.8, 4) is 0 Å². The fourth-order valence-electron chi connectivity index (χ4n) is 1.27. The van der Waals surface area contributed by atoms with Gasteiger partial charge in [0.05, 0.1) is 6.21 Å². The van der Waals surface area contributed by atoms with Gasteiger partial charge >= 0.3 is 0 Å². The van der Waals surface area contributed by atoms with Gasteiger partial charge in [0.25, 0.3) is 0 Å². The quantitative estimate of drug-likeness (QED) is 0.668. The number of nitrogens with two attached hydrogens (primary N) is 2. The van der Waals surface area contributed by atoms with Crippen LogP contribution >= 0.6 is 11.6 Å². The van der Waals surface area contributed by atoms with Crippen molar-refractivity contribution in [2.75, 3.05) is 0 Å². The van der Waals surface area contributed by atoms with Crippen LogP contribution in [-0.4, -0.2) is 17.6 Å². The first-order valence-corrected chi connectivity index (χ1v) is 4.44. The molecule has 0 fully saturated rings. The van der Waals surface area contributed by atoms with Crippen molar-refractivity contribution in [3.05, 3.63) is 34.9 Å². The van der Waals surface area contributed by atoms with Gasteiger partial charge in [0.1, 0.15) is 11.4 Å². The summed E-state index contributed by atoms with van der Waals surface area (Å²) in [6.07, 6.45) is 1.39. The Bertz CT molecular complexity index is 423. The van der Waals surface area contributed by atoms with E-state index in [1.807, 2.05) is 18.2 Å². The molecule has 1 aliphatic rings. The van der Waals surface area contributed by atoms with Crippen LogP contribution in [0.5, 0.6) is 0 Å². The minimum Gasteiger partial charge on any atom is -0.304 e. The zero-order valence-electron chi connectivity index (χ0n) is 7.31. The van der Waals surface area contributed by atoms with Gasteiger partial charge in [0, 0.05) is 10.6 Å². The van der Waals surface area contributed by atoms with E-state index in [-0.39, 0.29) is 0 Å². The van der Waals surface area contributed by atoms with Gasteiger partial charge in [0.15, 0.2) is 0 Å². The topological polar surface area (TPSA) is 76.8 Å². The molecule has 0 unspecified atom stereocenters. The molecule has 0 aliphatic carbocycles. The molecule has 0 radical (unpaired) electrons. The minimum absolute atomic E-state index is 0.489. The lowest BCUT2D eigenvalue weighted by molar-refractivity contribution is 0.816. The Kier molecular flexibility index (Phi) is 2.11. The smallest absolute Gasteiger partial charge is 0.148 e. The van der Waals surface area contributed by atoms with Gasteiger partial charge in [0.2, 0.25) is 0 Å². The Morgan fingerprint density at radius 3 is 2.50 bits per heavy atom. The summed E-state index contributed by atoms with van der Waals surface area (Å²) >= 11 is 5.98. The van der Waals surface area contributed by atoms with Crippen molar-refractivity contribution >= 4 is 23.5 Å². The highest BCUT2D eigenvalue weighted by Crippen LogP contribution is 2.20. The van der Waals surface area contributed by atoms with Gasteiger partial charge < -0.3 is 11.5 Å². The monoisotopic (exact) mass is 208 g/mol. The standard InChI is InChI=1S/C9H9ClN4/c10-7-4-2-1-3-6(7)8-9(11,12)5-13-14-8/h1-5H,11-12H2. The molecule has 72 valence electrons. The van der Waals surface area contributed by atoms with Gasteiger partial charge in [-0.15, -0.1) is 0 Å².